The van der Waals surface area contributed by atoms with Crippen LogP contribution in [0.1, 0.15) is 72.1 Å². The van der Waals surface area contributed by atoms with Crippen LogP contribution in [-0.2, 0) is 4.74 Å². The molecule has 1 heterocycles. The molecule has 1 aliphatic heterocycles. The fourth-order valence-corrected chi connectivity index (χ4v) is 8.08. The van der Waals surface area contributed by atoms with Crippen LogP contribution in [0.4, 0.5) is 0 Å². The van der Waals surface area contributed by atoms with Crippen molar-refractivity contribution in [3.05, 3.63) is 0 Å². The maximum absolute atomic E-state index is 7.00. The van der Waals surface area contributed by atoms with Gasteiger partial charge in [0.25, 0.3) is 0 Å². The molecule has 4 heteroatoms. The van der Waals surface area contributed by atoms with Gasteiger partial charge in [-0.05, 0) is 130 Å². The Balaban J connectivity index is 1.28. The molecular weight excluding hydrogens is 358 g/mol. The largest absolute Gasteiger partial charge is 0.367 e. The van der Waals surface area contributed by atoms with Crippen molar-refractivity contribution in [2.75, 3.05) is 47.3 Å². The summed E-state index contributed by atoms with van der Waals surface area (Å²) in [6.45, 7) is 12.2. The number of unbranched alkanes of at least 4 members (excludes halogenated alkanes) is 1. The quantitative estimate of drug-likeness (QED) is 0.556. The Morgan fingerprint density at radius 2 is 1.72 bits per heavy atom. The van der Waals surface area contributed by atoms with Crippen LogP contribution in [0.2, 0.25) is 0 Å². The van der Waals surface area contributed by atoms with E-state index in [1.54, 1.807) is 0 Å². The Bertz CT molecular complexity index is 582. The second-order valence-electron chi connectivity index (χ2n) is 11.8. The Hall–Kier alpha value is -0.160. The van der Waals surface area contributed by atoms with Gasteiger partial charge in [0.05, 0.1) is 11.2 Å². The first kappa shape index (κ1) is 22.0. The lowest BCUT2D eigenvalue weighted by atomic mass is 9.49. The van der Waals surface area contributed by atoms with Gasteiger partial charge in [-0.1, -0.05) is 6.92 Å². The molecule has 3 aliphatic carbocycles. The Kier molecular flexibility index (Phi) is 6.14. The van der Waals surface area contributed by atoms with Gasteiger partial charge in [-0.15, -0.1) is 0 Å². The van der Waals surface area contributed by atoms with E-state index in [4.69, 9.17) is 4.74 Å². The predicted octanol–water partition coefficient (Wildman–Crippen LogP) is 4.00. The molecule has 4 nitrogen and oxygen atoms in total. The number of hydrogen-bond acceptors (Lipinski definition) is 4. The third-order valence-electron chi connectivity index (χ3n) is 9.68. The maximum Gasteiger partial charge on any atom is 0.0851 e. The van der Waals surface area contributed by atoms with Crippen LogP contribution in [0.5, 0.6) is 0 Å². The first-order valence-corrected chi connectivity index (χ1v) is 12.5. The van der Waals surface area contributed by atoms with Gasteiger partial charge in [0.15, 0.2) is 0 Å². The van der Waals surface area contributed by atoms with E-state index in [1.807, 2.05) is 0 Å². The molecule has 3 bridgehead atoms. The van der Waals surface area contributed by atoms with Crippen molar-refractivity contribution >= 4 is 0 Å². The summed E-state index contributed by atoms with van der Waals surface area (Å²) in [5.41, 5.74) is 0.763. The van der Waals surface area contributed by atoms with Crippen LogP contribution in [-0.4, -0.2) is 74.4 Å². The summed E-state index contributed by atoms with van der Waals surface area (Å²) >= 11 is 0. The van der Waals surface area contributed by atoms with Crippen LogP contribution in [0.15, 0.2) is 0 Å². The molecule has 0 aromatic rings. The number of nitrogens with zero attached hydrogens (tertiary/aromatic N) is 2. The van der Waals surface area contributed by atoms with E-state index in [9.17, 15) is 0 Å². The Labute approximate surface area is 180 Å². The predicted molar refractivity (Wildman–Crippen MR) is 121 cm³/mol. The van der Waals surface area contributed by atoms with Crippen LogP contribution in [0.3, 0.4) is 0 Å². The molecule has 4 fully saturated rings. The molecular formula is C25H47N3O. The molecule has 1 unspecified atom stereocenters. The number of hydrogen-bond donors (Lipinski definition) is 1. The van der Waals surface area contributed by atoms with Crippen LogP contribution < -0.4 is 5.32 Å². The number of rotatable bonds is 10. The van der Waals surface area contributed by atoms with Crippen molar-refractivity contribution in [1.82, 2.24) is 15.1 Å². The summed E-state index contributed by atoms with van der Waals surface area (Å²) in [7, 11) is 6.60. The van der Waals surface area contributed by atoms with Crippen molar-refractivity contribution in [2.45, 2.75) is 89.4 Å². The van der Waals surface area contributed by atoms with Crippen LogP contribution >= 0.6 is 0 Å². The minimum Gasteiger partial charge on any atom is -0.367 e. The molecule has 7 atom stereocenters. The third kappa shape index (κ3) is 3.70. The molecule has 1 N–H and O–H groups in total. The highest BCUT2D eigenvalue weighted by Crippen LogP contribution is 2.72. The minimum absolute atomic E-state index is 0.0574. The second-order valence-corrected chi connectivity index (χ2v) is 11.8. The number of ether oxygens (including phenoxy) is 1. The maximum atomic E-state index is 7.00. The molecule has 0 aromatic heterocycles. The lowest BCUT2D eigenvalue weighted by molar-refractivity contribution is -0.115. The van der Waals surface area contributed by atoms with E-state index in [-0.39, 0.29) is 11.2 Å². The molecule has 0 radical (unpaired) electrons. The Morgan fingerprint density at radius 3 is 2.48 bits per heavy atom. The summed E-state index contributed by atoms with van der Waals surface area (Å²) in [5.74, 6) is 2.38. The van der Waals surface area contributed by atoms with Gasteiger partial charge >= 0.3 is 0 Å². The van der Waals surface area contributed by atoms with Gasteiger partial charge in [0.2, 0.25) is 0 Å². The van der Waals surface area contributed by atoms with Crippen molar-refractivity contribution in [2.24, 2.45) is 23.2 Å². The molecule has 1 saturated heterocycles. The van der Waals surface area contributed by atoms with E-state index in [2.05, 4.69) is 57.0 Å². The van der Waals surface area contributed by atoms with E-state index >= 15 is 0 Å². The molecule has 4 aliphatic rings. The summed E-state index contributed by atoms with van der Waals surface area (Å²) in [6, 6.07) is 0.564. The first-order chi connectivity index (χ1) is 13.7. The molecule has 168 valence electrons. The van der Waals surface area contributed by atoms with E-state index < -0.39 is 0 Å². The zero-order valence-electron chi connectivity index (χ0n) is 20.1. The number of fused-ring (bicyclic) bond motifs is 2. The average Bonchev–Trinajstić information content (AvgIpc) is 3.02. The lowest BCUT2D eigenvalue weighted by Crippen LogP contribution is -2.62. The number of nitrogens with one attached hydrogen (secondary N) is 1. The second kappa shape index (κ2) is 8.07. The zero-order valence-corrected chi connectivity index (χ0v) is 20.1. The highest BCUT2D eigenvalue weighted by atomic mass is 16.5. The fourth-order valence-electron chi connectivity index (χ4n) is 8.08. The standard InChI is InChI=1S/C25H47N3O/c1-19-10-11-21-24(3)22(20-18-25(19,21)13-12-23(20,2)29-24)26-14-7-8-16-28(6)17-9-15-27(4)5/h19-22,26H,7-18H2,1-6H3/t19-,20-,21?,22+,23-,24+,25+/m1/s1. The van der Waals surface area contributed by atoms with Gasteiger partial charge in [-0.25, -0.2) is 0 Å². The first-order valence-electron chi connectivity index (χ1n) is 12.5. The third-order valence-corrected chi connectivity index (χ3v) is 9.68. The molecule has 3 saturated carbocycles. The zero-order chi connectivity index (χ0) is 20.9. The van der Waals surface area contributed by atoms with Gasteiger partial charge in [-0.2, -0.15) is 0 Å². The van der Waals surface area contributed by atoms with Gasteiger partial charge in [0, 0.05) is 12.0 Å². The molecule has 29 heavy (non-hydrogen) atoms. The van der Waals surface area contributed by atoms with Crippen molar-refractivity contribution in [3.63, 3.8) is 0 Å². The average molecular weight is 406 g/mol. The van der Waals surface area contributed by atoms with Gasteiger partial charge in [-0.3, -0.25) is 0 Å². The van der Waals surface area contributed by atoms with Crippen LogP contribution in [0, 0.1) is 23.2 Å². The minimum atomic E-state index is 0.0574. The van der Waals surface area contributed by atoms with Gasteiger partial charge in [0.1, 0.15) is 0 Å². The SMILES string of the molecule is C[C@@H]1CCC2[C@]13CC[C@@]1(C)O[C@]2(C)[C@@H](NCCCCN(C)CCCN(C)C)[C@H]1C3. The normalized spacial score (nSPS) is 45.5. The molecule has 0 aromatic carbocycles. The summed E-state index contributed by atoms with van der Waals surface area (Å²) in [6.07, 6.45) is 10.7. The summed E-state index contributed by atoms with van der Waals surface area (Å²) in [4.78, 5) is 4.78. The van der Waals surface area contributed by atoms with E-state index in [0.717, 1.165) is 18.4 Å². The smallest absolute Gasteiger partial charge is 0.0851 e. The summed E-state index contributed by atoms with van der Waals surface area (Å²) < 4.78 is 7.00. The topological polar surface area (TPSA) is 27.7 Å². The Morgan fingerprint density at radius 1 is 0.966 bits per heavy atom. The molecule has 4 rings (SSSR count). The highest BCUT2D eigenvalue weighted by molar-refractivity contribution is 5.24. The van der Waals surface area contributed by atoms with Crippen molar-refractivity contribution < 1.29 is 4.74 Å². The molecule has 0 amide bonds. The van der Waals surface area contributed by atoms with Crippen LogP contribution in [0.25, 0.3) is 0 Å². The monoisotopic (exact) mass is 405 g/mol. The van der Waals surface area contributed by atoms with Gasteiger partial charge < -0.3 is 19.9 Å². The van der Waals surface area contributed by atoms with E-state index in [0.29, 0.717) is 17.4 Å². The van der Waals surface area contributed by atoms with Crippen molar-refractivity contribution in [1.29, 1.82) is 0 Å². The highest BCUT2D eigenvalue weighted by Gasteiger charge is 2.73. The lowest BCUT2D eigenvalue weighted by Gasteiger charge is -2.55. The fraction of sp³-hybridized carbons (Fsp3) is 1.00. The van der Waals surface area contributed by atoms with E-state index in [1.165, 1.54) is 71.0 Å². The summed E-state index contributed by atoms with van der Waals surface area (Å²) in [5, 5.41) is 4.04. The van der Waals surface area contributed by atoms with Crippen molar-refractivity contribution in [3.8, 4) is 0 Å². The molecule has 1 spiro atoms.